The van der Waals surface area contributed by atoms with E-state index in [0.29, 0.717) is 120 Å². The Kier molecular flexibility index (Phi) is 27.4. The number of carbonyl (C=O) groups is 4. The molecule has 1 aliphatic carbocycles. The minimum absolute atomic E-state index is 0.0477. The summed E-state index contributed by atoms with van der Waals surface area (Å²) in [6.45, 7) is 7.35. The first-order valence-corrected chi connectivity index (χ1v) is 40.8. The Morgan fingerprint density at radius 1 is 0.295 bits per heavy atom. The van der Waals surface area contributed by atoms with E-state index in [1.807, 2.05) is 121 Å². The van der Waals surface area contributed by atoms with E-state index in [-0.39, 0.29) is 77.0 Å². The smallest absolute Gasteiger partial charge is 0.237 e. The summed E-state index contributed by atoms with van der Waals surface area (Å²) in [7, 11) is 0. The average Bonchev–Trinajstić information content (AvgIpc) is 0.407. The maximum absolute atomic E-state index is 14.8. The van der Waals surface area contributed by atoms with Crippen molar-refractivity contribution in [3.8, 4) is 46.0 Å². The standard InChI is InChI=1S/C92H112N8O12/c1-5-9-17-37-61-65-45-67-62(38-18-10-6-2)69-47-71-64(40-20-12-8-4)72-48-70-63(39-19-11-7-3)68-46-66(61)82-74(50-98-90(102)78(94)42-58-31-23-14-24-32-58)84(68)108-55-110-86(70)76(52-100-92(104)80(96)44-60-35-27-16-28-36-60)88(72)112-56-111-87(71)75(51-99-91(103)79(95)43-59-33-25-15-26-34-59)85(69)109-54-107-83(67)73(81(65)105-53-106-82)49-97-89(101)77(93)41-57-29-21-13-22-30-57/h13-16,21-36,45-48,61-64,77-80H,5-12,17-20,37-44,49-56,93-96H2,1-4H3,(H,97,101)(H,98,102)(H,99,103)(H,100,104)/t61?,62?,63?,64?,77-,78-,79-,80-/m0/s1. The summed E-state index contributed by atoms with van der Waals surface area (Å²) >= 11 is 0. The van der Waals surface area contributed by atoms with E-state index in [1.54, 1.807) is 0 Å². The lowest BCUT2D eigenvalue weighted by atomic mass is 9.74. The van der Waals surface area contributed by atoms with Crippen molar-refractivity contribution in [2.75, 3.05) is 27.2 Å². The van der Waals surface area contributed by atoms with Crippen LogP contribution in [0, 0.1) is 0 Å². The van der Waals surface area contributed by atoms with Gasteiger partial charge in [-0.25, -0.2) is 0 Å². The number of amides is 4. The van der Waals surface area contributed by atoms with Crippen LogP contribution in [0.15, 0.2) is 146 Å². The zero-order valence-corrected chi connectivity index (χ0v) is 65.5. The summed E-state index contributed by atoms with van der Waals surface area (Å²) in [5, 5.41) is 13.2. The van der Waals surface area contributed by atoms with Gasteiger partial charge in [0, 0.05) is 68.2 Å². The van der Waals surface area contributed by atoms with Gasteiger partial charge in [0.05, 0.1) is 72.6 Å². The van der Waals surface area contributed by atoms with Crippen molar-refractivity contribution in [2.24, 2.45) is 22.9 Å². The molecule has 5 aliphatic rings. The number of nitrogens with two attached hydrogens (primary N) is 4. The number of carbonyl (C=O) groups excluding carboxylic acids is 4. The first-order valence-electron chi connectivity index (χ1n) is 40.8. The SMILES string of the molecule is CCCCCC1c2cc3c4c(CNC(=O)[C@@H](N)Cc5ccccc5)c2OCOc2c1cc1c(c2CNC(=O)[C@@H](N)Cc2ccccc2)OCOc2c(cc5c(c2CNC(=O)[C@@H](N)Cc2ccccc2)OCOc2c(cc(c(c2CNC(=O)[C@@H](N)Cc2ccccc2)OCO4)C3CCCCC)C5CCCCC)C1CCCCC. The van der Waals surface area contributed by atoms with Crippen molar-refractivity contribution in [1.82, 2.24) is 21.3 Å². The molecule has 592 valence electrons. The van der Waals surface area contributed by atoms with Crippen LogP contribution in [0.2, 0.25) is 0 Å². The number of nitrogens with one attached hydrogen (secondary N) is 4. The number of unbranched alkanes of at least 4 members (excludes halogenated alkanes) is 8. The van der Waals surface area contributed by atoms with Crippen LogP contribution in [0.4, 0.5) is 0 Å². The fraction of sp³-hybridized carbons (Fsp3) is 0.435. The third-order valence-electron chi connectivity index (χ3n) is 22.8. The molecule has 20 nitrogen and oxygen atoms in total. The highest BCUT2D eigenvalue weighted by atomic mass is 16.7. The van der Waals surface area contributed by atoms with Gasteiger partial charge < -0.3 is 82.1 Å². The Morgan fingerprint density at radius 2 is 0.473 bits per heavy atom. The highest BCUT2D eigenvalue weighted by Gasteiger charge is 2.43. The molecule has 0 unspecified atom stereocenters. The molecular formula is C92H112N8O12. The van der Waals surface area contributed by atoms with Gasteiger partial charge in [0.15, 0.2) is 0 Å². The molecule has 20 heteroatoms. The van der Waals surface area contributed by atoms with E-state index >= 15 is 0 Å². The molecule has 0 radical (unpaired) electrons. The van der Waals surface area contributed by atoms with Gasteiger partial charge in [0.2, 0.25) is 50.8 Å². The Balaban J connectivity index is 1.12. The lowest BCUT2D eigenvalue weighted by Crippen LogP contribution is -2.42. The van der Waals surface area contributed by atoms with Crippen molar-refractivity contribution < 1.29 is 57.1 Å². The minimum atomic E-state index is -0.906. The molecular weight excluding hydrogens is 1410 g/mol. The quantitative estimate of drug-likeness (QED) is 0.0169. The normalized spacial score (nSPS) is 17.1. The number of ether oxygens (including phenoxy) is 8. The van der Waals surface area contributed by atoms with Gasteiger partial charge in [0.1, 0.15) is 46.0 Å². The molecule has 4 heterocycles. The van der Waals surface area contributed by atoms with Crippen LogP contribution in [0.25, 0.3) is 0 Å². The van der Waals surface area contributed by atoms with Gasteiger partial charge >= 0.3 is 0 Å². The van der Waals surface area contributed by atoms with Gasteiger partial charge in [-0.2, -0.15) is 0 Å². The Hall–Kier alpha value is -10.1. The van der Waals surface area contributed by atoms with Gasteiger partial charge in [-0.1, -0.05) is 226 Å². The molecule has 13 rings (SSSR count). The van der Waals surface area contributed by atoms with E-state index in [4.69, 9.17) is 60.8 Å². The van der Waals surface area contributed by atoms with Crippen LogP contribution >= 0.6 is 0 Å². The third-order valence-corrected chi connectivity index (χ3v) is 22.8. The average molecular weight is 1520 g/mol. The molecule has 0 fully saturated rings. The van der Waals surface area contributed by atoms with E-state index in [1.165, 1.54) is 0 Å². The van der Waals surface area contributed by atoms with Crippen LogP contribution in [-0.4, -0.2) is 75.0 Å². The van der Waals surface area contributed by atoms with Crippen LogP contribution in [0.1, 0.15) is 243 Å². The maximum Gasteiger partial charge on any atom is 0.237 e. The lowest BCUT2D eigenvalue weighted by molar-refractivity contribution is -0.123. The topological polar surface area (TPSA) is 294 Å². The molecule has 8 aromatic carbocycles. The summed E-state index contributed by atoms with van der Waals surface area (Å²) in [6.07, 6.45) is 14.1. The number of benzene rings is 8. The molecule has 112 heavy (non-hydrogen) atoms. The van der Waals surface area contributed by atoms with Gasteiger partial charge in [0.25, 0.3) is 0 Å². The monoisotopic (exact) mass is 1520 g/mol. The maximum atomic E-state index is 14.8. The fourth-order valence-electron chi connectivity index (χ4n) is 17.0. The van der Waals surface area contributed by atoms with Crippen molar-refractivity contribution in [3.63, 3.8) is 0 Å². The lowest BCUT2D eigenvalue weighted by Gasteiger charge is -2.38. The zero-order chi connectivity index (χ0) is 78.0. The highest BCUT2D eigenvalue weighted by Crippen LogP contribution is 2.59. The van der Waals surface area contributed by atoms with Crippen LogP contribution in [-0.2, 0) is 71.0 Å². The van der Waals surface area contributed by atoms with Gasteiger partial charge in [-0.05, 0) is 97.9 Å². The number of hydrogen-bond donors (Lipinski definition) is 8. The summed E-state index contributed by atoms with van der Waals surface area (Å²) < 4.78 is 57.9. The van der Waals surface area contributed by atoms with E-state index in [9.17, 15) is 19.2 Å². The van der Waals surface area contributed by atoms with Crippen molar-refractivity contribution in [3.05, 3.63) is 235 Å². The molecule has 8 aromatic rings. The number of rotatable bonds is 36. The Morgan fingerprint density at radius 3 is 0.643 bits per heavy atom. The van der Waals surface area contributed by atoms with E-state index in [0.717, 1.165) is 144 Å². The summed E-state index contributed by atoms with van der Waals surface area (Å²) in [6, 6.07) is 44.5. The molecule has 4 amide bonds. The summed E-state index contributed by atoms with van der Waals surface area (Å²) in [4.78, 5) is 59.2. The molecule has 0 spiro atoms. The first-order chi connectivity index (χ1) is 54.7. The largest absolute Gasteiger partial charge is 0.457 e. The van der Waals surface area contributed by atoms with Crippen LogP contribution in [0.3, 0.4) is 0 Å². The summed E-state index contributed by atoms with van der Waals surface area (Å²) in [5.74, 6) is 0.554. The van der Waals surface area contributed by atoms with Crippen molar-refractivity contribution >= 4 is 23.6 Å². The first kappa shape index (κ1) is 79.9. The molecule has 0 aromatic heterocycles. The van der Waals surface area contributed by atoms with Crippen LogP contribution in [0.5, 0.6) is 46.0 Å². The van der Waals surface area contributed by atoms with Gasteiger partial charge in [-0.15, -0.1) is 0 Å². The second kappa shape index (κ2) is 38.4. The van der Waals surface area contributed by atoms with Crippen molar-refractivity contribution in [2.45, 2.75) is 230 Å². The molecule has 0 saturated carbocycles. The Bertz CT molecular complexity index is 3850. The van der Waals surface area contributed by atoms with Gasteiger partial charge in [-0.3, -0.25) is 19.2 Å². The third kappa shape index (κ3) is 18.5. The van der Waals surface area contributed by atoms with E-state index < -0.39 is 47.8 Å². The zero-order valence-electron chi connectivity index (χ0n) is 65.5. The summed E-state index contributed by atoms with van der Waals surface area (Å²) in [5.41, 5.74) is 40.4. The molecule has 8 bridgehead atoms. The predicted octanol–water partition coefficient (Wildman–Crippen LogP) is 14.5. The molecule has 4 atom stereocenters. The second-order valence-electron chi connectivity index (χ2n) is 30.6. The van der Waals surface area contributed by atoms with Crippen LogP contribution < -0.4 is 82.1 Å². The highest BCUT2D eigenvalue weighted by molar-refractivity contribution is 5.84. The van der Waals surface area contributed by atoms with E-state index in [2.05, 4.69) is 73.2 Å². The Labute approximate surface area is 659 Å². The second-order valence-corrected chi connectivity index (χ2v) is 30.6. The molecule has 0 saturated heterocycles. The molecule has 12 N–H and O–H groups in total. The molecule has 4 aliphatic heterocycles. The predicted molar refractivity (Wildman–Crippen MR) is 434 cm³/mol. The van der Waals surface area contributed by atoms with Crippen molar-refractivity contribution in [1.29, 1.82) is 0 Å². The fourth-order valence-corrected chi connectivity index (χ4v) is 17.0. The minimum Gasteiger partial charge on any atom is -0.457 e. The number of hydrogen-bond acceptors (Lipinski definition) is 16.